The molecule has 0 saturated carbocycles. The number of piperidine rings is 1. The van der Waals surface area contributed by atoms with Gasteiger partial charge in [0.1, 0.15) is 5.75 Å². The number of hydrogen-bond acceptors (Lipinski definition) is 4. The average Bonchev–Trinajstić information content (AvgIpc) is 2.81. The third kappa shape index (κ3) is 5.16. The molecule has 2 aromatic carbocycles. The summed E-state index contributed by atoms with van der Waals surface area (Å²) in [5, 5.41) is 0.898. The topological polar surface area (TPSA) is 85.5 Å². The van der Waals surface area contributed by atoms with Crippen LogP contribution >= 0.6 is 0 Å². The van der Waals surface area contributed by atoms with Gasteiger partial charge >= 0.3 is 0 Å². The number of benzene rings is 2. The fraction of sp³-hybridized carbons (Fsp3) is 0.370. The summed E-state index contributed by atoms with van der Waals surface area (Å²) in [6, 6.07) is 17.4. The second-order valence-electron chi connectivity index (χ2n) is 9.70. The monoisotopic (exact) mass is 445 g/mol. The number of nitrogens with two attached hydrogens (primary N) is 1. The number of fused-ring (bicyclic) bond motifs is 1. The van der Waals surface area contributed by atoms with Crippen LogP contribution in [-0.4, -0.2) is 41.4 Å². The molecule has 4 rings (SSSR count). The van der Waals surface area contributed by atoms with Gasteiger partial charge in [-0.05, 0) is 48.1 Å². The van der Waals surface area contributed by atoms with E-state index in [1.807, 2.05) is 59.5 Å². The first-order valence-corrected chi connectivity index (χ1v) is 11.4. The van der Waals surface area contributed by atoms with E-state index in [1.54, 1.807) is 0 Å². The lowest BCUT2D eigenvalue weighted by molar-refractivity contribution is -0.134. The van der Waals surface area contributed by atoms with Crippen LogP contribution in [0.2, 0.25) is 0 Å². The molecule has 1 aromatic heterocycles. The summed E-state index contributed by atoms with van der Waals surface area (Å²) < 4.78 is 5.73. The highest BCUT2D eigenvalue weighted by Gasteiger charge is 2.28. The van der Waals surface area contributed by atoms with Crippen molar-refractivity contribution in [2.45, 2.75) is 44.9 Å². The minimum Gasteiger partial charge on any atom is -0.484 e. The van der Waals surface area contributed by atoms with Crippen LogP contribution in [0, 0.1) is 0 Å². The number of para-hydroxylation sites is 1. The summed E-state index contributed by atoms with van der Waals surface area (Å²) in [5.41, 5.74) is 9.02. The largest absolute Gasteiger partial charge is 0.484 e. The molecular weight excluding hydrogens is 414 g/mol. The average molecular weight is 446 g/mol. The van der Waals surface area contributed by atoms with Crippen molar-refractivity contribution in [1.29, 1.82) is 0 Å². The SMILES string of the molecule is CC(C)(C)c1ccc(OCC(=O)N2CCC(c3nc4ccccc4cc3C(N)=O)CC2)cc1. The zero-order valence-electron chi connectivity index (χ0n) is 19.5. The molecular formula is C27H31N3O3. The van der Waals surface area contributed by atoms with Gasteiger partial charge in [0, 0.05) is 24.4 Å². The zero-order valence-corrected chi connectivity index (χ0v) is 19.5. The van der Waals surface area contributed by atoms with Crippen molar-refractivity contribution in [2.75, 3.05) is 19.7 Å². The number of likely N-dealkylation sites (tertiary alicyclic amines) is 1. The maximum absolute atomic E-state index is 12.7. The number of rotatable bonds is 5. The summed E-state index contributed by atoms with van der Waals surface area (Å²) in [6.07, 6.45) is 1.47. The molecule has 1 aliphatic rings. The second-order valence-corrected chi connectivity index (χ2v) is 9.70. The molecule has 0 spiro atoms. The molecule has 6 nitrogen and oxygen atoms in total. The summed E-state index contributed by atoms with van der Waals surface area (Å²) in [6.45, 7) is 7.70. The lowest BCUT2D eigenvalue weighted by atomic mass is 9.87. The maximum Gasteiger partial charge on any atom is 0.260 e. The molecule has 1 aliphatic heterocycles. The molecule has 2 N–H and O–H groups in total. The van der Waals surface area contributed by atoms with Crippen molar-refractivity contribution in [3.05, 3.63) is 71.4 Å². The van der Waals surface area contributed by atoms with Gasteiger partial charge in [0.2, 0.25) is 0 Å². The Morgan fingerprint density at radius 1 is 1.06 bits per heavy atom. The highest BCUT2D eigenvalue weighted by atomic mass is 16.5. The molecule has 2 heterocycles. The number of carbonyl (C=O) groups excluding carboxylic acids is 2. The minimum absolute atomic E-state index is 0.0142. The fourth-order valence-electron chi connectivity index (χ4n) is 4.33. The molecule has 0 aliphatic carbocycles. The lowest BCUT2D eigenvalue weighted by Crippen LogP contribution is -2.40. The van der Waals surface area contributed by atoms with Crippen LogP contribution in [0.5, 0.6) is 5.75 Å². The van der Waals surface area contributed by atoms with Crippen LogP contribution in [0.4, 0.5) is 0 Å². The lowest BCUT2D eigenvalue weighted by Gasteiger charge is -2.32. The van der Waals surface area contributed by atoms with Crippen LogP contribution in [0.15, 0.2) is 54.6 Å². The van der Waals surface area contributed by atoms with Gasteiger partial charge in [0.15, 0.2) is 6.61 Å². The molecule has 0 bridgehead atoms. The molecule has 2 amide bonds. The minimum atomic E-state index is -0.465. The molecule has 0 radical (unpaired) electrons. The Labute approximate surface area is 194 Å². The second kappa shape index (κ2) is 9.22. The Balaban J connectivity index is 1.37. The number of carbonyl (C=O) groups is 2. The van der Waals surface area contributed by atoms with Crippen molar-refractivity contribution in [3.8, 4) is 5.75 Å². The van der Waals surface area contributed by atoms with E-state index >= 15 is 0 Å². The number of nitrogens with zero attached hydrogens (tertiary/aromatic N) is 2. The van der Waals surface area contributed by atoms with Gasteiger partial charge in [-0.3, -0.25) is 14.6 Å². The maximum atomic E-state index is 12.7. The van der Waals surface area contributed by atoms with Gasteiger partial charge in [-0.2, -0.15) is 0 Å². The van der Waals surface area contributed by atoms with Crippen molar-refractivity contribution < 1.29 is 14.3 Å². The quantitative estimate of drug-likeness (QED) is 0.630. The number of primary amides is 1. The van der Waals surface area contributed by atoms with Crippen LogP contribution in [0.1, 0.15) is 61.1 Å². The van der Waals surface area contributed by atoms with E-state index in [4.69, 9.17) is 15.5 Å². The van der Waals surface area contributed by atoms with E-state index in [-0.39, 0.29) is 23.8 Å². The molecule has 0 unspecified atom stereocenters. The molecule has 172 valence electrons. The number of amides is 2. The molecule has 3 aromatic rings. The van der Waals surface area contributed by atoms with Gasteiger partial charge in [0.25, 0.3) is 11.8 Å². The predicted octanol–water partition coefficient (Wildman–Crippen LogP) is 4.42. The number of aromatic nitrogens is 1. The van der Waals surface area contributed by atoms with Crippen LogP contribution in [0.25, 0.3) is 10.9 Å². The zero-order chi connectivity index (χ0) is 23.6. The van der Waals surface area contributed by atoms with Gasteiger partial charge in [-0.25, -0.2) is 0 Å². The first-order chi connectivity index (χ1) is 15.7. The molecule has 1 fully saturated rings. The number of ether oxygens (including phenoxy) is 1. The number of hydrogen-bond donors (Lipinski definition) is 1. The standard InChI is InChI=1S/C27H31N3O3/c1-27(2,3)20-8-10-21(11-9-20)33-17-24(31)30-14-12-18(13-15-30)25-22(26(28)32)16-19-6-4-5-7-23(19)29-25/h4-11,16,18H,12-15,17H2,1-3H3,(H2,28,32). The van der Waals surface area contributed by atoms with Crippen LogP contribution in [-0.2, 0) is 10.2 Å². The summed E-state index contributed by atoms with van der Waals surface area (Å²) in [5.74, 6) is 0.285. The van der Waals surface area contributed by atoms with Gasteiger partial charge in [-0.1, -0.05) is 51.1 Å². The predicted molar refractivity (Wildman–Crippen MR) is 129 cm³/mol. The van der Waals surface area contributed by atoms with Gasteiger partial charge < -0.3 is 15.4 Å². The summed E-state index contributed by atoms with van der Waals surface area (Å²) in [7, 11) is 0. The van der Waals surface area contributed by atoms with Gasteiger partial charge in [0.05, 0.1) is 16.8 Å². The van der Waals surface area contributed by atoms with E-state index in [0.717, 1.165) is 29.4 Å². The van der Waals surface area contributed by atoms with Gasteiger partial charge in [-0.15, -0.1) is 0 Å². The van der Waals surface area contributed by atoms with Crippen molar-refractivity contribution in [2.24, 2.45) is 5.73 Å². The van der Waals surface area contributed by atoms with E-state index in [9.17, 15) is 9.59 Å². The van der Waals surface area contributed by atoms with E-state index in [2.05, 4.69) is 20.8 Å². The number of pyridine rings is 1. The Bertz CT molecular complexity index is 1160. The van der Waals surface area contributed by atoms with E-state index in [1.165, 1.54) is 5.56 Å². The third-order valence-electron chi connectivity index (χ3n) is 6.34. The first kappa shape index (κ1) is 22.8. The Morgan fingerprint density at radius 2 is 1.73 bits per heavy atom. The summed E-state index contributed by atoms with van der Waals surface area (Å²) in [4.78, 5) is 31.4. The van der Waals surface area contributed by atoms with Crippen molar-refractivity contribution >= 4 is 22.7 Å². The molecule has 1 saturated heterocycles. The molecule has 6 heteroatoms. The normalized spacial score (nSPS) is 14.9. The third-order valence-corrected chi connectivity index (χ3v) is 6.34. The Hall–Kier alpha value is -3.41. The Kier molecular flexibility index (Phi) is 6.36. The van der Waals surface area contributed by atoms with Crippen molar-refractivity contribution in [3.63, 3.8) is 0 Å². The fourth-order valence-corrected chi connectivity index (χ4v) is 4.33. The first-order valence-electron chi connectivity index (χ1n) is 11.4. The highest BCUT2D eigenvalue weighted by Crippen LogP contribution is 2.31. The highest BCUT2D eigenvalue weighted by molar-refractivity contribution is 5.97. The summed E-state index contributed by atoms with van der Waals surface area (Å²) >= 11 is 0. The Morgan fingerprint density at radius 3 is 2.36 bits per heavy atom. The molecule has 33 heavy (non-hydrogen) atoms. The van der Waals surface area contributed by atoms with Crippen LogP contribution < -0.4 is 10.5 Å². The van der Waals surface area contributed by atoms with E-state index in [0.29, 0.717) is 24.4 Å². The molecule has 0 atom stereocenters. The van der Waals surface area contributed by atoms with Crippen LogP contribution in [0.3, 0.4) is 0 Å². The smallest absolute Gasteiger partial charge is 0.260 e. The van der Waals surface area contributed by atoms with E-state index < -0.39 is 5.91 Å². The van der Waals surface area contributed by atoms with Crippen molar-refractivity contribution in [1.82, 2.24) is 9.88 Å².